The van der Waals surface area contributed by atoms with Crippen LogP contribution in [0.5, 0.6) is 0 Å². The van der Waals surface area contributed by atoms with Gasteiger partial charge in [-0.25, -0.2) is 19.3 Å². The van der Waals surface area contributed by atoms with Crippen molar-refractivity contribution < 1.29 is 0 Å². The van der Waals surface area contributed by atoms with E-state index in [-0.39, 0.29) is 5.56 Å². The van der Waals surface area contributed by atoms with Gasteiger partial charge in [-0.1, -0.05) is 18.6 Å². The minimum Gasteiger partial charge on any atom is -0.369 e. The molecule has 3 aromatic heterocycles. The van der Waals surface area contributed by atoms with E-state index < -0.39 is 0 Å². The lowest BCUT2D eigenvalue weighted by Gasteiger charge is -2.43. The van der Waals surface area contributed by atoms with Crippen LogP contribution in [0.1, 0.15) is 24.8 Å². The highest BCUT2D eigenvalue weighted by Gasteiger charge is 2.28. The smallest absolute Gasteiger partial charge is 0.278 e. The number of hydrogen-bond donors (Lipinski definition) is 1. The Morgan fingerprint density at radius 2 is 1.95 bits per heavy atom. The molecule has 190 valence electrons. The third-order valence-corrected chi connectivity index (χ3v) is 7.54. The first kappa shape index (κ1) is 23.4. The van der Waals surface area contributed by atoms with Gasteiger partial charge in [-0.2, -0.15) is 4.98 Å². The zero-order valence-corrected chi connectivity index (χ0v) is 21.2. The molecule has 37 heavy (non-hydrogen) atoms. The number of aryl methyl sites for hydroxylation is 1. The molecule has 1 N–H and O–H groups in total. The van der Waals surface area contributed by atoms with E-state index in [1.807, 2.05) is 18.2 Å². The lowest BCUT2D eigenvalue weighted by Crippen LogP contribution is -2.52. The molecule has 6 rings (SSSR count). The predicted molar refractivity (Wildman–Crippen MR) is 147 cm³/mol. The third-order valence-electron chi connectivity index (χ3n) is 7.54. The molecule has 0 spiro atoms. The number of fused-ring (bicyclic) bond motifs is 1. The summed E-state index contributed by atoms with van der Waals surface area (Å²) in [5, 5.41) is 3.77. The molecule has 1 saturated heterocycles. The van der Waals surface area contributed by atoms with Crippen LogP contribution in [0.4, 0.5) is 17.3 Å². The minimum atomic E-state index is -0.176. The third kappa shape index (κ3) is 4.40. The molecular weight excluding hydrogens is 464 g/mol. The highest BCUT2D eigenvalue weighted by Crippen LogP contribution is 2.29. The van der Waals surface area contributed by atoms with Crippen LogP contribution in [0.2, 0.25) is 0 Å². The summed E-state index contributed by atoms with van der Waals surface area (Å²) in [6.07, 6.45) is 9.08. The molecule has 9 heteroatoms. The summed E-state index contributed by atoms with van der Waals surface area (Å²) in [7, 11) is 0. The summed E-state index contributed by atoms with van der Waals surface area (Å²) < 4.78 is 3.30. The van der Waals surface area contributed by atoms with E-state index in [2.05, 4.69) is 56.8 Å². The summed E-state index contributed by atoms with van der Waals surface area (Å²) in [4.78, 5) is 31.8. The van der Waals surface area contributed by atoms with Gasteiger partial charge in [0.15, 0.2) is 11.5 Å². The van der Waals surface area contributed by atoms with Crippen molar-refractivity contribution in [2.45, 2.75) is 38.8 Å². The molecule has 4 heterocycles. The molecule has 4 aromatic rings. The van der Waals surface area contributed by atoms with E-state index in [1.165, 1.54) is 30.5 Å². The van der Waals surface area contributed by atoms with Crippen LogP contribution in [0.3, 0.4) is 0 Å². The molecule has 0 radical (unpaired) electrons. The monoisotopic (exact) mass is 496 g/mol. The molecule has 1 aliphatic carbocycles. The quantitative estimate of drug-likeness (QED) is 0.389. The van der Waals surface area contributed by atoms with Crippen molar-refractivity contribution in [3.63, 3.8) is 0 Å². The van der Waals surface area contributed by atoms with Crippen molar-refractivity contribution in [1.29, 1.82) is 0 Å². The largest absolute Gasteiger partial charge is 0.369 e. The van der Waals surface area contributed by atoms with E-state index in [0.29, 0.717) is 29.3 Å². The number of nitrogens with zero attached hydrogens (tertiary/aromatic N) is 7. The van der Waals surface area contributed by atoms with Gasteiger partial charge in [0.1, 0.15) is 5.39 Å². The summed E-state index contributed by atoms with van der Waals surface area (Å²) in [5.41, 5.74) is 3.72. The number of nitrogens with one attached hydrogen (secondary N) is 1. The number of pyridine rings is 1. The van der Waals surface area contributed by atoms with Crippen LogP contribution in [-0.2, 0) is 6.54 Å². The van der Waals surface area contributed by atoms with Crippen LogP contribution in [0, 0.1) is 6.92 Å². The molecule has 2 fully saturated rings. The molecule has 1 saturated carbocycles. The van der Waals surface area contributed by atoms with Gasteiger partial charge >= 0.3 is 0 Å². The van der Waals surface area contributed by atoms with Gasteiger partial charge in [-0.05, 0) is 55.7 Å². The number of anilines is 3. The summed E-state index contributed by atoms with van der Waals surface area (Å²) in [5.74, 6) is 1.04. The van der Waals surface area contributed by atoms with Crippen LogP contribution in [-0.4, -0.2) is 61.4 Å². The topological polar surface area (TPSA) is 84.1 Å². The number of benzene rings is 1. The Hall–Kier alpha value is -3.98. The van der Waals surface area contributed by atoms with Gasteiger partial charge in [-0.15, -0.1) is 6.58 Å². The molecular formula is C28H32N8O. The number of rotatable bonds is 7. The Kier molecular flexibility index (Phi) is 6.21. The molecule has 2 aliphatic rings. The molecule has 0 bridgehead atoms. The van der Waals surface area contributed by atoms with E-state index >= 15 is 0 Å². The van der Waals surface area contributed by atoms with Gasteiger partial charge < -0.3 is 10.2 Å². The second-order valence-electron chi connectivity index (χ2n) is 9.84. The van der Waals surface area contributed by atoms with Gasteiger partial charge in [0.25, 0.3) is 5.56 Å². The molecule has 1 aromatic carbocycles. The zero-order chi connectivity index (χ0) is 25.4. The van der Waals surface area contributed by atoms with Crippen LogP contribution in [0.25, 0.3) is 16.9 Å². The minimum absolute atomic E-state index is 0.176. The lowest BCUT2D eigenvalue weighted by molar-refractivity contribution is 0.120. The fraction of sp³-hybridized carbons (Fsp3) is 0.357. The summed E-state index contributed by atoms with van der Waals surface area (Å²) in [6.45, 7) is 10.7. The number of allylic oxidation sites excluding steroid dienone is 1. The Balaban J connectivity index is 1.25. The Morgan fingerprint density at radius 3 is 2.62 bits per heavy atom. The van der Waals surface area contributed by atoms with Crippen molar-refractivity contribution in [1.82, 2.24) is 29.2 Å². The maximum Gasteiger partial charge on any atom is 0.278 e. The first-order valence-corrected chi connectivity index (χ1v) is 13.0. The Morgan fingerprint density at radius 1 is 1.11 bits per heavy atom. The Labute approximate surface area is 216 Å². The van der Waals surface area contributed by atoms with E-state index in [4.69, 9.17) is 4.98 Å². The molecule has 9 nitrogen and oxygen atoms in total. The first-order chi connectivity index (χ1) is 18.1. The molecule has 0 unspecified atom stereocenters. The fourth-order valence-electron chi connectivity index (χ4n) is 5.38. The fourth-order valence-corrected chi connectivity index (χ4v) is 5.38. The van der Waals surface area contributed by atoms with Crippen LogP contribution in [0.15, 0.2) is 66.2 Å². The molecule has 0 amide bonds. The number of hydrogen-bond acceptors (Lipinski definition) is 7. The average Bonchev–Trinajstić information content (AvgIpc) is 3.15. The van der Waals surface area contributed by atoms with E-state index in [1.54, 1.807) is 27.8 Å². The van der Waals surface area contributed by atoms with Gasteiger partial charge in [0.05, 0.1) is 6.54 Å². The summed E-state index contributed by atoms with van der Waals surface area (Å²) >= 11 is 0. The van der Waals surface area contributed by atoms with E-state index in [0.717, 1.165) is 37.9 Å². The SMILES string of the molecule is C=CCn1c(=O)c2cnc(Nc3ccc(N4CCN(C5CCC5)CC4)c(C)c3)nc2n1-c1ccccn1. The maximum atomic E-state index is 13.1. The maximum absolute atomic E-state index is 13.1. The standard InChI is InChI=1S/C28H32N8O/c1-3-13-35-27(37)23-19-30-28(32-26(23)36(35)25-9-4-5-12-29-25)31-21-10-11-24(20(2)18-21)34-16-14-33(15-17-34)22-7-6-8-22/h3-5,9-12,18-19,22H,1,6-8,13-17H2,2H3,(H,30,31,32). The van der Waals surface area contributed by atoms with Crippen molar-refractivity contribution in [3.05, 3.63) is 77.4 Å². The second-order valence-corrected chi connectivity index (χ2v) is 9.84. The van der Waals surface area contributed by atoms with E-state index in [9.17, 15) is 4.79 Å². The van der Waals surface area contributed by atoms with Crippen molar-refractivity contribution in [2.75, 3.05) is 36.4 Å². The highest BCUT2D eigenvalue weighted by atomic mass is 16.1. The second kappa shape index (κ2) is 9.82. The number of aromatic nitrogens is 5. The van der Waals surface area contributed by atoms with Gasteiger partial charge in [-0.3, -0.25) is 9.69 Å². The normalized spacial score (nSPS) is 16.6. The van der Waals surface area contributed by atoms with Crippen LogP contribution >= 0.6 is 0 Å². The summed E-state index contributed by atoms with van der Waals surface area (Å²) in [6, 6.07) is 12.8. The lowest BCUT2D eigenvalue weighted by atomic mass is 9.91. The van der Waals surface area contributed by atoms with Crippen molar-refractivity contribution in [3.8, 4) is 5.82 Å². The zero-order valence-electron chi connectivity index (χ0n) is 21.2. The van der Waals surface area contributed by atoms with Crippen LogP contribution < -0.4 is 15.8 Å². The van der Waals surface area contributed by atoms with Crippen molar-refractivity contribution in [2.24, 2.45) is 0 Å². The molecule has 0 atom stereocenters. The average molecular weight is 497 g/mol. The van der Waals surface area contributed by atoms with Crippen molar-refractivity contribution >= 4 is 28.4 Å². The van der Waals surface area contributed by atoms with Gasteiger partial charge in [0, 0.05) is 56.0 Å². The number of piperazine rings is 1. The van der Waals surface area contributed by atoms with Gasteiger partial charge in [0.2, 0.25) is 5.95 Å². The first-order valence-electron chi connectivity index (χ1n) is 13.0. The Bertz CT molecular complexity index is 1480. The highest BCUT2D eigenvalue weighted by molar-refractivity contribution is 5.77. The predicted octanol–water partition coefficient (Wildman–Crippen LogP) is 3.89. The molecule has 1 aliphatic heterocycles.